The molecule has 0 spiro atoms. The Morgan fingerprint density at radius 3 is 2.80 bits per heavy atom. The minimum atomic E-state index is 0.663. The molecular formula is C17H24BrNO. The topological polar surface area (TPSA) is 21.3 Å². The summed E-state index contributed by atoms with van der Waals surface area (Å²) in [5.74, 6) is 2.05. The predicted octanol–water partition coefficient (Wildman–Crippen LogP) is 4.52. The Labute approximate surface area is 130 Å². The van der Waals surface area contributed by atoms with Crippen LogP contribution in [0.5, 0.6) is 5.75 Å². The van der Waals surface area contributed by atoms with Crippen LogP contribution in [-0.4, -0.2) is 13.2 Å². The van der Waals surface area contributed by atoms with E-state index in [0.29, 0.717) is 5.41 Å². The van der Waals surface area contributed by atoms with E-state index < -0.39 is 0 Å². The number of halogens is 1. The van der Waals surface area contributed by atoms with Crippen LogP contribution in [-0.2, 0) is 6.54 Å². The molecule has 2 fully saturated rings. The fraction of sp³-hybridized carbons (Fsp3) is 0.647. The third-order valence-electron chi connectivity index (χ3n) is 4.61. The molecule has 2 nitrogen and oxygen atoms in total. The summed E-state index contributed by atoms with van der Waals surface area (Å²) in [6, 6.07) is 6.31. The van der Waals surface area contributed by atoms with E-state index in [9.17, 15) is 0 Å². The fourth-order valence-corrected chi connectivity index (χ4v) is 3.48. The molecule has 3 heteroatoms. The monoisotopic (exact) mass is 337 g/mol. The molecule has 2 aliphatic rings. The van der Waals surface area contributed by atoms with Crippen molar-refractivity contribution in [1.29, 1.82) is 0 Å². The highest BCUT2D eigenvalue weighted by molar-refractivity contribution is 9.10. The van der Waals surface area contributed by atoms with Crippen LogP contribution in [0.25, 0.3) is 0 Å². The van der Waals surface area contributed by atoms with Crippen molar-refractivity contribution in [2.75, 3.05) is 13.2 Å². The summed E-state index contributed by atoms with van der Waals surface area (Å²) in [6.45, 7) is 5.02. The average molecular weight is 338 g/mol. The Balaban J connectivity index is 1.56. The predicted molar refractivity (Wildman–Crippen MR) is 86.0 cm³/mol. The second-order valence-electron chi connectivity index (χ2n) is 6.34. The first-order valence-electron chi connectivity index (χ1n) is 7.85. The van der Waals surface area contributed by atoms with E-state index in [1.165, 1.54) is 37.8 Å². The van der Waals surface area contributed by atoms with Crippen molar-refractivity contribution in [2.45, 2.75) is 45.6 Å². The molecule has 0 saturated heterocycles. The Morgan fingerprint density at radius 1 is 1.35 bits per heavy atom. The molecule has 110 valence electrons. The van der Waals surface area contributed by atoms with Crippen LogP contribution in [0.1, 0.15) is 44.6 Å². The van der Waals surface area contributed by atoms with Crippen LogP contribution >= 0.6 is 15.9 Å². The Hall–Kier alpha value is -0.540. The maximum atomic E-state index is 5.84. The molecule has 2 saturated carbocycles. The van der Waals surface area contributed by atoms with E-state index >= 15 is 0 Å². The van der Waals surface area contributed by atoms with Gasteiger partial charge in [0.2, 0.25) is 0 Å². The van der Waals surface area contributed by atoms with Crippen LogP contribution in [0, 0.1) is 11.3 Å². The quantitative estimate of drug-likeness (QED) is 0.753. The second-order valence-corrected chi connectivity index (χ2v) is 7.26. The highest BCUT2D eigenvalue weighted by Gasteiger charge is 2.53. The normalized spacial score (nSPS) is 19.9. The first-order valence-corrected chi connectivity index (χ1v) is 8.65. The van der Waals surface area contributed by atoms with E-state index in [-0.39, 0.29) is 0 Å². The maximum Gasteiger partial charge on any atom is 0.123 e. The number of ether oxygens (including phenoxy) is 1. The van der Waals surface area contributed by atoms with Crippen molar-refractivity contribution >= 4 is 15.9 Å². The molecule has 0 amide bonds. The molecule has 0 aliphatic heterocycles. The lowest BCUT2D eigenvalue weighted by Gasteiger charge is -2.17. The van der Waals surface area contributed by atoms with Gasteiger partial charge >= 0.3 is 0 Å². The van der Waals surface area contributed by atoms with Gasteiger partial charge in [-0.25, -0.2) is 0 Å². The molecule has 1 aromatic carbocycles. The zero-order valence-electron chi connectivity index (χ0n) is 12.3. The van der Waals surface area contributed by atoms with Gasteiger partial charge in [0.1, 0.15) is 5.75 Å². The SMILES string of the molecule is CCCOc1ccc(Br)cc1CNCC1(C2CC2)CC1. The van der Waals surface area contributed by atoms with E-state index in [2.05, 4.69) is 46.4 Å². The van der Waals surface area contributed by atoms with Crippen LogP contribution in [0.15, 0.2) is 22.7 Å². The molecule has 2 aliphatic carbocycles. The van der Waals surface area contributed by atoms with Crippen LogP contribution in [0.2, 0.25) is 0 Å². The van der Waals surface area contributed by atoms with Crippen molar-refractivity contribution < 1.29 is 4.74 Å². The largest absolute Gasteiger partial charge is 0.493 e. The van der Waals surface area contributed by atoms with Gasteiger partial charge in [-0.05, 0) is 61.6 Å². The lowest BCUT2D eigenvalue weighted by molar-refractivity contribution is 0.312. The number of rotatable bonds is 8. The van der Waals surface area contributed by atoms with Crippen molar-refractivity contribution in [3.05, 3.63) is 28.2 Å². The molecular weight excluding hydrogens is 314 g/mol. The van der Waals surface area contributed by atoms with Gasteiger partial charge < -0.3 is 10.1 Å². The molecule has 0 heterocycles. The zero-order chi connectivity index (χ0) is 14.0. The maximum absolute atomic E-state index is 5.84. The Kier molecular flexibility index (Phi) is 4.37. The minimum absolute atomic E-state index is 0.663. The van der Waals surface area contributed by atoms with Gasteiger partial charge in [-0.2, -0.15) is 0 Å². The first-order chi connectivity index (χ1) is 9.73. The molecule has 0 unspecified atom stereocenters. The molecule has 0 radical (unpaired) electrons. The smallest absolute Gasteiger partial charge is 0.123 e. The summed E-state index contributed by atoms with van der Waals surface area (Å²) in [6.07, 6.45) is 6.84. The third kappa shape index (κ3) is 3.37. The van der Waals surface area contributed by atoms with Gasteiger partial charge in [0, 0.05) is 23.1 Å². The molecule has 0 atom stereocenters. The summed E-state index contributed by atoms with van der Waals surface area (Å²) in [5, 5.41) is 3.67. The van der Waals surface area contributed by atoms with Crippen LogP contribution in [0.4, 0.5) is 0 Å². The summed E-state index contributed by atoms with van der Waals surface area (Å²) in [5.41, 5.74) is 1.93. The average Bonchev–Trinajstić information content (AvgIpc) is 3.30. The van der Waals surface area contributed by atoms with Crippen molar-refractivity contribution in [1.82, 2.24) is 5.32 Å². The van der Waals surface area contributed by atoms with Gasteiger partial charge in [0.25, 0.3) is 0 Å². The number of hydrogen-bond acceptors (Lipinski definition) is 2. The summed E-state index contributed by atoms with van der Waals surface area (Å²) >= 11 is 3.56. The molecule has 1 aromatic rings. The van der Waals surface area contributed by atoms with Gasteiger partial charge in [0.05, 0.1) is 6.61 Å². The van der Waals surface area contributed by atoms with Crippen molar-refractivity contribution in [2.24, 2.45) is 11.3 Å². The van der Waals surface area contributed by atoms with Gasteiger partial charge in [-0.1, -0.05) is 22.9 Å². The number of hydrogen-bond donors (Lipinski definition) is 1. The van der Waals surface area contributed by atoms with E-state index in [1.54, 1.807) is 0 Å². The number of benzene rings is 1. The van der Waals surface area contributed by atoms with E-state index in [1.807, 2.05) is 0 Å². The summed E-state index contributed by atoms with van der Waals surface area (Å²) in [4.78, 5) is 0. The lowest BCUT2D eigenvalue weighted by atomic mass is 10.0. The molecule has 0 aromatic heterocycles. The van der Waals surface area contributed by atoms with Gasteiger partial charge in [-0.15, -0.1) is 0 Å². The standard InChI is InChI=1S/C17H24BrNO/c1-2-9-20-16-6-5-15(18)10-13(16)11-19-12-17(7-8-17)14-3-4-14/h5-6,10,14,19H,2-4,7-9,11-12H2,1H3. The van der Waals surface area contributed by atoms with Crippen molar-refractivity contribution in [3.63, 3.8) is 0 Å². The highest BCUT2D eigenvalue weighted by atomic mass is 79.9. The van der Waals surface area contributed by atoms with Crippen LogP contribution < -0.4 is 10.1 Å². The van der Waals surface area contributed by atoms with Crippen LogP contribution in [0.3, 0.4) is 0 Å². The molecule has 20 heavy (non-hydrogen) atoms. The first kappa shape index (κ1) is 14.4. The molecule has 1 N–H and O–H groups in total. The second kappa shape index (κ2) is 6.07. The zero-order valence-corrected chi connectivity index (χ0v) is 13.8. The summed E-state index contributed by atoms with van der Waals surface area (Å²) < 4.78 is 6.96. The molecule has 0 bridgehead atoms. The molecule has 3 rings (SSSR count). The van der Waals surface area contributed by atoms with Crippen molar-refractivity contribution in [3.8, 4) is 5.75 Å². The van der Waals surface area contributed by atoms with Gasteiger partial charge in [0.15, 0.2) is 0 Å². The number of nitrogens with one attached hydrogen (secondary N) is 1. The minimum Gasteiger partial charge on any atom is -0.493 e. The highest BCUT2D eigenvalue weighted by Crippen LogP contribution is 2.60. The Bertz CT molecular complexity index is 466. The van der Waals surface area contributed by atoms with E-state index in [4.69, 9.17) is 4.74 Å². The third-order valence-corrected chi connectivity index (χ3v) is 5.11. The lowest BCUT2D eigenvalue weighted by Crippen LogP contribution is -2.25. The van der Waals surface area contributed by atoms with E-state index in [0.717, 1.165) is 35.7 Å². The summed E-state index contributed by atoms with van der Waals surface area (Å²) in [7, 11) is 0. The van der Waals surface area contributed by atoms with Gasteiger partial charge in [-0.3, -0.25) is 0 Å². The fourth-order valence-electron chi connectivity index (χ4n) is 3.07. The Morgan fingerprint density at radius 2 is 2.15 bits per heavy atom.